The molecule has 0 aliphatic rings. The summed E-state index contributed by atoms with van der Waals surface area (Å²) >= 11 is 0. The summed E-state index contributed by atoms with van der Waals surface area (Å²) in [4.78, 5) is 11.4. The molecule has 1 aromatic rings. The molecule has 0 radical (unpaired) electrons. The van der Waals surface area contributed by atoms with Gasteiger partial charge in [-0.15, -0.1) is 0 Å². The highest BCUT2D eigenvalue weighted by Gasteiger charge is 2.05. The van der Waals surface area contributed by atoms with Crippen molar-refractivity contribution in [1.29, 1.82) is 0 Å². The molecule has 2 N–H and O–H groups in total. The fourth-order valence-electron chi connectivity index (χ4n) is 1.43. The SMILES string of the molecule is CCNC(=O)CNc1ccccc1OCC(C)C. The molecule has 1 rings (SSSR count). The second-order valence-electron chi connectivity index (χ2n) is 4.51. The van der Waals surface area contributed by atoms with Gasteiger partial charge in [-0.05, 0) is 25.0 Å². The Kier molecular flexibility index (Phi) is 6.05. The van der Waals surface area contributed by atoms with Crippen LogP contribution in [0.25, 0.3) is 0 Å². The maximum absolute atomic E-state index is 11.4. The minimum atomic E-state index is -0.0174. The topological polar surface area (TPSA) is 50.4 Å². The van der Waals surface area contributed by atoms with Gasteiger partial charge in [-0.25, -0.2) is 0 Å². The largest absolute Gasteiger partial charge is 0.491 e. The number of carbonyl (C=O) groups is 1. The van der Waals surface area contributed by atoms with E-state index < -0.39 is 0 Å². The van der Waals surface area contributed by atoms with Crippen molar-refractivity contribution >= 4 is 11.6 Å². The molecule has 0 aliphatic heterocycles. The third-order valence-electron chi connectivity index (χ3n) is 2.27. The Labute approximate surface area is 109 Å². The van der Waals surface area contributed by atoms with E-state index in [1.165, 1.54) is 0 Å². The van der Waals surface area contributed by atoms with Gasteiger partial charge in [0.1, 0.15) is 5.75 Å². The monoisotopic (exact) mass is 250 g/mol. The van der Waals surface area contributed by atoms with E-state index in [1.54, 1.807) is 0 Å². The first-order valence-electron chi connectivity index (χ1n) is 6.35. The van der Waals surface area contributed by atoms with Crippen molar-refractivity contribution in [2.45, 2.75) is 20.8 Å². The molecule has 0 bridgehead atoms. The molecule has 0 fully saturated rings. The molecular formula is C14H22N2O2. The van der Waals surface area contributed by atoms with E-state index >= 15 is 0 Å². The van der Waals surface area contributed by atoms with Gasteiger partial charge in [0.15, 0.2) is 0 Å². The number of carbonyl (C=O) groups excluding carboxylic acids is 1. The molecule has 0 spiro atoms. The van der Waals surface area contributed by atoms with Crippen LogP contribution in [-0.2, 0) is 4.79 Å². The van der Waals surface area contributed by atoms with Crippen LogP contribution in [0.15, 0.2) is 24.3 Å². The van der Waals surface area contributed by atoms with Crippen LogP contribution < -0.4 is 15.4 Å². The first-order valence-corrected chi connectivity index (χ1v) is 6.35. The van der Waals surface area contributed by atoms with Crippen molar-refractivity contribution in [3.05, 3.63) is 24.3 Å². The summed E-state index contributed by atoms with van der Waals surface area (Å²) in [5.41, 5.74) is 0.851. The van der Waals surface area contributed by atoms with E-state index in [1.807, 2.05) is 31.2 Å². The number of amides is 1. The van der Waals surface area contributed by atoms with Gasteiger partial charge in [-0.3, -0.25) is 4.79 Å². The number of ether oxygens (including phenoxy) is 1. The number of rotatable bonds is 7. The van der Waals surface area contributed by atoms with E-state index in [0.29, 0.717) is 19.1 Å². The van der Waals surface area contributed by atoms with Crippen molar-refractivity contribution in [3.63, 3.8) is 0 Å². The highest BCUT2D eigenvalue weighted by molar-refractivity contribution is 5.81. The number of nitrogens with one attached hydrogen (secondary N) is 2. The molecule has 4 nitrogen and oxygen atoms in total. The molecule has 0 atom stereocenters. The molecule has 0 unspecified atom stereocenters. The Bertz CT molecular complexity index is 378. The van der Waals surface area contributed by atoms with Gasteiger partial charge in [0.2, 0.25) is 5.91 Å². The molecule has 1 amide bonds. The highest BCUT2D eigenvalue weighted by Crippen LogP contribution is 2.23. The number of hydrogen-bond acceptors (Lipinski definition) is 3. The van der Waals surface area contributed by atoms with Crippen LogP contribution in [0.2, 0.25) is 0 Å². The minimum absolute atomic E-state index is 0.0174. The fourth-order valence-corrected chi connectivity index (χ4v) is 1.43. The van der Waals surface area contributed by atoms with E-state index in [9.17, 15) is 4.79 Å². The lowest BCUT2D eigenvalue weighted by Crippen LogP contribution is -2.29. The normalized spacial score (nSPS) is 10.2. The van der Waals surface area contributed by atoms with Crippen LogP contribution in [0, 0.1) is 5.92 Å². The Morgan fingerprint density at radius 1 is 1.33 bits per heavy atom. The molecule has 18 heavy (non-hydrogen) atoms. The van der Waals surface area contributed by atoms with Crippen molar-refractivity contribution in [2.75, 3.05) is 25.0 Å². The summed E-state index contributed by atoms with van der Waals surface area (Å²) in [5, 5.41) is 5.83. The maximum Gasteiger partial charge on any atom is 0.239 e. The molecular weight excluding hydrogens is 228 g/mol. The van der Waals surface area contributed by atoms with E-state index in [0.717, 1.165) is 11.4 Å². The van der Waals surface area contributed by atoms with Crippen LogP contribution in [0.4, 0.5) is 5.69 Å². The van der Waals surface area contributed by atoms with E-state index in [2.05, 4.69) is 24.5 Å². The Hall–Kier alpha value is -1.71. The second kappa shape index (κ2) is 7.58. The molecule has 0 heterocycles. The Morgan fingerprint density at radius 2 is 2.06 bits per heavy atom. The van der Waals surface area contributed by atoms with Crippen molar-refractivity contribution in [3.8, 4) is 5.75 Å². The van der Waals surface area contributed by atoms with Gasteiger partial charge in [-0.1, -0.05) is 26.0 Å². The smallest absolute Gasteiger partial charge is 0.239 e. The zero-order valence-corrected chi connectivity index (χ0v) is 11.3. The van der Waals surface area contributed by atoms with Gasteiger partial charge in [0, 0.05) is 6.54 Å². The number of anilines is 1. The summed E-state index contributed by atoms with van der Waals surface area (Å²) in [6, 6.07) is 7.66. The van der Waals surface area contributed by atoms with Crippen LogP contribution in [0.5, 0.6) is 5.75 Å². The summed E-state index contributed by atoms with van der Waals surface area (Å²) in [6.45, 7) is 7.68. The van der Waals surface area contributed by atoms with Gasteiger partial charge in [-0.2, -0.15) is 0 Å². The van der Waals surface area contributed by atoms with E-state index in [4.69, 9.17) is 4.74 Å². The minimum Gasteiger partial charge on any atom is -0.491 e. The summed E-state index contributed by atoms with van der Waals surface area (Å²) in [5.74, 6) is 1.24. The Morgan fingerprint density at radius 3 is 2.72 bits per heavy atom. The van der Waals surface area contributed by atoms with Crippen molar-refractivity contribution in [2.24, 2.45) is 5.92 Å². The lowest BCUT2D eigenvalue weighted by atomic mass is 10.2. The number of para-hydroxylation sites is 2. The lowest BCUT2D eigenvalue weighted by molar-refractivity contribution is -0.119. The zero-order chi connectivity index (χ0) is 13.4. The van der Waals surface area contributed by atoms with Crippen LogP contribution in [-0.4, -0.2) is 25.6 Å². The quantitative estimate of drug-likeness (QED) is 0.780. The van der Waals surface area contributed by atoms with Gasteiger partial charge in [0.05, 0.1) is 18.8 Å². The number of likely N-dealkylation sites (N-methyl/N-ethyl adjacent to an activating group) is 1. The summed E-state index contributed by atoms with van der Waals surface area (Å²) in [7, 11) is 0. The zero-order valence-electron chi connectivity index (χ0n) is 11.3. The number of benzene rings is 1. The van der Waals surface area contributed by atoms with Gasteiger partial charge < -0.3 is 15.4 Å². The van der Waals surface area contributed by atoms with Crippen LogP contribution in [0.3, 0.4) is 0 Å². The summed E-state index contributed by atoms with van der Waals surface area (Å²) < 4.78 is 5.70. The molecule has 100 valence electrons. The van der Waals surface area contributed by atoms with E-state index in [-0.39, 0.29) is 12.5 Å². The molecule has 0 aromatic heterocycles. The average Bonchev–Trinajstić information content (AvgIpc) is 2.35. The fraction of sp³-hybridized carbons (Fsp3) is 0.500. The molecule has 4 heteroatoms. The standard InChI is InChI=1S/C14H22N2O2/c1-4-15-14(17)9-16-12-7-5-6-8-13(12)18-10-11(2)3/h5-8,11,16H,4,9-10H2,1-3H3,(H,15,17). The predicted octanol–water partition coefficient (Wildman–Crippen LogP) is 2.27. The first-order chi connectivity index (χ1) is 8.63. The molecule has 0 saturated heterocycles. The maximum atomic E-state index is 11.4. The van der Waals surface area contributed by atoms with Crippen LogP contribution in [0.1, 0.15) is 20.8 Å². The van der Waals surface area contributed by atoms with Crippen LogP contribution >= 0.6 is 0 Å². The Balaban J connectivity index is 2.56. The van der Waals surface area contributed by atoms with Gasteiger partial charge >= 0.3 is 0 Å². The number of hydrogen-bond donors (Lipinski definition) is 2. The predicted molar refractivity (Wildman–Crippen MR) is 73.9 cm³/mol. The average molecular weight is 250 g/mol. The second-order valence-corrected chi connectivity index (χ2v) is 4.51. The highest BCUT2D eigenvalue weighted by atomic mass is 16.5. The third kappa shape index (κ3) is 5.08. The summed E-state index contributed by atoms with van der Waals surface area (Å²) in [6.07, 6.45) is 0. The lowest BCUT2D eigenvalue weighted by Gasteiger charge is -2.14. The van der Waals surface area contributed by atoms with Gasteiger partial charge in [0.25, 0.3) is 0 Å². The van der Waals surface area contributed by atoms with Crippen molar-refractivity contribution < 1.29 is 9.53 Å². The molecule has 0 aliphatic carbocycles. The first kappa shape index (κ1) is 14.4. The van der Waals surface area contributed by atoms with Crippen molar-refractivity contribution in [1.82, 2.24) is 5.32 Å². The third-order valence-corrected chi connectivity index (χ3v) is 2.27. The molecule has 1 aromatic carbocycles. The molecule has 0 saturated carbocycles.